The van der Waals surface area contributed by atoms with Crippen molar-refractivity contribution in [3.63, 3.8) is 0 Å². The van der Waals surface area contributed by atoms with E-state index in [-0.39, 0.29) is 0 Å². The average molecular weight is 580 g/mol. The van der Waals surface area contributed by atoms with Crippen LogP contribution in [0.1, 0.15) is 0 Å². The highest BCUT2D eigenvalue weighted by Gasteiger charge is 2.19. The first-order chi connectivity index (χ1) is 21.8. The second kappa shape index (κ2) is 10.0. The summed E-state index contributed by atoms with van der Waals surface area (Å²) >= 11 is 1.77. The van der Waals surface area contributed by atoms with Crippen molar-refractivity contribution in [3.05, 3.63) is 152 Å². The van der Waals surface area contributed by atoms with Crippen LogP contribution in [0, 0.1) is 0 Å². The van der Waals surface area contributed by atoms with Crippen molar-refractivity contribution in [1.29, 1.82) is 0 Å². The third-order valence-electron chi connectivity index (χ3n) is 8.45. The minimum atomic E-state index is 0.679. The number of rotatable bonds is 4. The van der Waals surface area contributed by atoms with E-state index in [1.54, 1.807) is 11.3 Å². The Morgan fingerprint density at radius 1 is 0.455 bits per heavy atom. The summed E-state index contributed by atoms with van der Waals surface area (Å²) in [6.07, 6.45) is 0. The fraction of sp³-hybridized carbons (Fsp3) is 0. The van der Waals surface area contributed by atoms with Gasteiger partial charge >= 0.3 is 0 Å². The Morgan fingerprint density at radius 3 is 1.98 bits per heavy atom. The van der Waals surface area contributed by atoms with Crippen molar-refractivity contribution in [2.45, 2.75) is 0 Å². The summed E-state index contributed by atoms with van der Waals surface area (Å²) in [7, 11) is 0. The smallest absolute Gasteiger partial charge is 0.235 e. The van der Waals surface area contributed by atoms with Crippen LogP contribution in [0.2, 0.25) is 0 Å². The van der Waals surface area contributed by atoms with E-state index >= 15 is 0 Å². The highest BCUT2D eigenvalue weighted by atomic mass is 32.1. The molecule has 3 heterocycles. The molecule has 0 aliphatic carbocycles. The molecule has 3 nitrogen and oxygen atoms in total. The molecule has 206 valence electrons. The van der Waals surface area contributed by atoms with Gasteiger partial charge in [0.1, 0.15) is 0 Å². The maximum absolute atomic E-state index is 5.33. The van der Waals surface area contributed by atoms with Crippen molar-refractivity contribution >= 4 is 54.8 Å². The minimum Gasteiger partial charge on any atom is -0.278 e. The van der Waals surface area contributed by atoms with Gasteiger partial charge in [-0.3, -0.25) is 4.57 Å². The molecular formula is C40H25N3S. The van der Waals surface area contributed by atoms with Crippen molar-refractivity contribution in [2.75, 3.05) is 0 Å². The molecule has 0 amide bonds. The van der Waals surface area contributed by atoms with Gasteiger partial charge in [-0.1, -0.05) is 115 Å². The SMILES string of the molecule is c1ccc(-c2ccc3ccc4c(c3c2)c2ccccc2n4-c2nc(-c3ccc(-c4ccccc4)s3)c3ccccc3n2)cc1. The van der Waals surface area contributed by atoms with Crippen LogP contribution >= 0.6 is 11.3 Å². The van der Waals surface area contributed by atoms with Crippen molar-refractivity contribution in [3.8, 4) is 38.1 Å². The highest BCUT2D eigenvalue weighted by Crippen LogP contribution is 2.40. The number of para-hydroxylation sites is 2. The van der Waals surface area contributed by atoms with E-state index in [4.69, 9.17) is 9.97 Å². The summed E-state index contributed by atoms with van der Waals surface area (Å²) in [6.45, 7) is 0. The molecule has 9 rings (SSSR count). The van der Waals surface area contributed by atoms with Gasteiger partial charge in [0.2, 0.25) is 5.95 Å². The summed E-state index contributed by atoms with van der Waals surface area (Å²) in [4.78, 5) is 12.9. The Kier molecular flexibility index (Phi) is 5.68. The quantitative estimate of drug-likeness (QED) is 0.208. The predicted octanol–water partition coefficient (Wildman–Crippen LogP) is 10.9. The monoisotopic (exact) mass is 579 g/mol. The molecule has 0 spiro atoms. The lowest BCUT2D eigenvalue weighted by Crippen LogP contribution is -2.03. The molecule has 0 aliphatic heterocycles. The Labute approximate surface area is 258 Å². The van der Waals surface area contributed by atoms with Gasteiger partial charge < -0.3 is 0 Å². The first-order valence-corrected chi connectivity index (χ1v) is 15.6. The lowest BCUT2D eigenvalue weighted by atomic mass is 9.98. The molecule has 0 atom stereocenters. The Hall–Kier alpha value is -5.58. The molecule has 0 fully saturated rings. The summed E-state index contributed by atoms with van der Waals surface area (Å²) < 4.78 is 2.24. The summed E-state index contributed by atoms with van der Waals surface area (Å²) in [5, 5.41) is 5.91. The molecule has 6 aromatic carbocycles. The fourth-order valence-electron chi connectivity index (χ4n) is 6.39. The summed E-state index contributed by atoms with van der Waals surface area (Å²) in [5.74, 6) is 0.679. The Morgan fingerprint density at radius 2 is 1.14 bits per heavy atom. The van der Waals surface area contributed by atoms with Gasteiger partial charge in [-0.05, 0) is 63.9 Å². The molecule has 0 saturated heterocycles. The van der Waals surface area contributed by atoms with Gasteiger partial charge in [0.15, 0.2) is 0 Å². The van der Waals surface area contributed by atoms with Gasteiger partial charge in [0.25, 0.3) is 0 Å². The molecule has 0 bridgehead atoms. The van der Waals surface area contributed by atoms with Crippen LogP contribution in [0.5, 0.6) is 0 Å². The topological polar surface area (TPSA) is 30.7 Å². The third kappa shape index (κ3) is 3.96. The van der Waals surface area contributed by atoms with Crippen LogP contribution in [0.4, 0.5) is 0 Å². The van der Waals surface area contributed by atoms with Gasteiger partial charge in [-0.15, -0.1) is 11.3 Å². The van der Waals surface area contributed by atoms with Crippen LogP contribution in [-0.4, -0.2) is 14.5 Å². The largest absolute Gasteiger partial charge is 0.278 e. The number of nitrogens with zero attached hydrogens (tertiary/aromatic N) is 3. The number of hydrogen-bond acceptors (Lipinski definition) is 3. The average Bonchev–Trinajstić information content (AvgIpc) is 3.72. The second-order valence-electron chi connectivity index (χ2n) is 11.0. The molecule has 44 heavy (non-hydrogen) atoms. The zero-order valence-corrected chi connectivity index (χ0v) is 24.5. The summed E-state index contributed by atoms with van der Waals surface area (Å²) in [5.41, 5.74) is 7.71. The standard InChI is InChI=1S/C40H25N3S/c1-3-11-26(12-4-1)29-20-19-27-21-22-35-38(32(27)25-29)31-16-8-10-18-34(31)43(35)40-41-33-17-9-7-15-30(33)39(42-40)37-24-23-36(44-37)28-13-5-2-6-14-28/h1-25H. The molecule has 0 unspecified atom stereocenters. The fourth-order valence-corrected chi connectivity index (χ4v) is 7.40. The first kappa shape index (κ1) is 25.0. The van der Waals surface area contributed by atoms with Crippen LogP contribution in [0.3, 0.4) is 0 Å². The van der Waals surface area contributed by atoms with Crippen LogP contribution in [-0.2, 0) is 0 Å². The minimum absolute atomic E-state index is 0.679. The van der Waals surface area contributed by atoms with E-state index in [1.807, 2.05) is 0 Å². The normalized spacial score (nSPS) is 11.6. The Balaban J connectivity index is 1.31. The number of fused-ring (bicyclic) bond motifs is 6. The van der Waals surface area contributed by atoms with Crippen LogP contribution < -0.4 is 0 Å². The number of benzene rings is 6. The molecule has 4 heteroatoms. The molecule has 0 radical (unpaired) electrons. The van der Waals surface area contributed by atoms with Crippen LogP contribution in [0.25, 0.3) is 81.6 Å². The molecule has 3 aromatic heterocycles. The maximum Gasteiger partial charge on any atom is 0.235 e. The van der Waals surface area contributed by atoms with E-state index in [9.17, 15) is 0 Å². The van der Waals surface area contributed by atoms with Gasteiger partial charge in [-0.2, -0.15) is 0 Å². The van der Waals surface area contributed by atoms with E-state index in [1.165, 1.54) is 43.1 Å². The van der Waals surface area contributed by atoms with E-state index in [2.05, 4.69) is 156 Å². The molecule has 9 aromatic rings. The molecular weight excluding hydrogens is 555 g/mol. The zero-order chi connectivity index (χ0) is 29.0. The third-order valence-corrected chi connectivity index (χ3v) is 9.59. The zero-order valence-electron chi connectivity index (χ0n) is 23.7. The first-order valence-electron chi connectivity index (χ1n) is 14.8. The summed E-state index contributed by atoms with van der Waals surface area (Å²) in [6, 6.07) is 53.7. The molecule has 0 N–H and O–H groups in total. The van der Waals surface area contributed by atoms with Crippen molar-refractivity contribution < 1.29 is 0 Å². The van der Waals surface area contributed by atoms with E-state index < -0.39 is 0 Å². The van der Waals surface area contributed by atoms with Gasteiger partial charge in [-0.25, -0.2) is 9.97 Å². The lowest BCUT2D eigenvalue weighted by molar-refractivity contribution is 1.02. The number of hydrogen-bond donors (Lipinski definition) is 0. The maximum atomic E-state index is 5.33. The molecule has 0 saturated carbocycles. The predicted molar refractivity (Wildman–Crippen MR) is 186 cm³/mol. The highest BCUT2D eigenvalue weighted by molar-refractivity contribution is 7.18. The van der Waals surface area contributed by atoms with Crippen molar-refractivity contribution in [1.82, 2.24) is 14.5 Å². The number of thiophene rings is 1. The number of aromatic nitrogens is 3. The molecule has 0 aliphatic rings. The van der Waals surface area contributed by atoms with Gasteiger partial charge in [0.05, 0.1) is 27.1 Å². The second-order valence-corrected chi connectivity index (χ2v) is 12.1. The van der Waals surface area contributed by atoms with Gasteiger partial charge in [0, 0.05) is 21.0 Å². The van der Waals surface area contributed by atoms with E-state index in [0.29, 0.717) is 5.95 Å². The van der Waals surface area contributed by atoms with E-state index in [0.717, 1.165) is 32.5 Å². The lowest BCUT2D eigenvalue weighted by Gasteiger charge is -2.11. The van der Waals surface area contributed by atoms with Crippen LogP contribution in [0.15, 0.2) is 152 Å². The Bertz CT molecular complexity index is 2490. The van der Waals surface area contributed by atoms with Crippen molar-refractivity contribution in [2.24, 2.45) is 0 Å².